The van der Waals surface area contributed by atoms with Crippen LogP contribution in [-0.4, -0.2) is 17.2 Å². The summed E-state index contributed by atoms with van der Waals surface area (Å²) in [6.07, 6.45) is -0.674. The van der Waals surface area contributed by atoms with E-state index in [1.807, 2.05) is 6.92 Å². The standard InChI is InChI=1S/C9H8ClF3N2/c1-5-2-8-7(10)3-6(9(11,12)13)4-15(8)14-5/h2-5,14H,1H3. The summed E-state index contributed by atoms with van der Waals surface area (Å²) in [7, 11) is 0. The molecule has 0 saturated heterocycles. The van der Waals surface area contributed by atoms with E-state index in [0.29, 0.717) is 5.70 Å². The Hall–Kier alpha value is -0.940. The fourth-order valence-corrected chi connectivity index (χ4v) is 1.76. The van der Waals surface area contributed by atoms with Crippen LogP contribution in [0.3, 0.4) is 0 Å². The van der Waals surface area contributed by atoms with Gasteiger partial charge in [0.25, 0.3) is 0 Å². The molecule has 0 amide bonds. The van der Waals surface area contributed by atoms with Crippen molar-refractivity contribution >= 4 is 11.6 Å². The fraction of sp³-hybridized carbons (Fsp3) is 0.333. The number of nitrogens with one attached hydrogen (secondary N) is 1. The lowest BCUT2D eigenvalue weighted by Crippen LogP contribution is -2.34. The van der Waals surface area contributed by atoms with Crippen molar-refractivity contribution in [1.29, 1.82) is 0 Å². The van der Waals surface area contributed by atoms with Crippen molar-refractivity contribution in [2.45, 2.75) is 19.1 Å². The van der Waals surface area contributed by atoms with Crippen LogP contribution in [-0.2, 0) is 0 Å². The van der Waals surface area contributed by atoms with Crippen LogP contribution in [0.2, 0.25) is 0 Å². The highest BCUT2D eigenvalue weighted by Crippen LogP contribution is 2.36. The van der Waals surface area contributed by atoms with Gasteiger partial charge in [-0.2, -0.15) is 13.2 Å². The Morgan fingerprint density at radius 1 is 1.47 bits per heavy atom. The molecule has 0 aromatic carbocycles. The highest BCUT2D eigenvalue weighted by atomic mass is 35.5. The van der Waals surface area contributed by atoms with E-state index in [2.05, 4.69) is 5.43 Å². The van der Waals surface area contributed by atoms with Crippen LogP contribution in [0.5, 0.6) is 0 Å². The van der Waals surface area contributed by atoms with E-state index in [-0.39, 0.29) is 11.1 Å². The largest absolute Gasteiger partial charge is 0.417 e. The summed E-state index contributed by atoms with van der Waals surface area (Å²) in [5, 5.41) is 1.40. The summed E-state index contributed by atoms with van der Waals surface area (Å²) in [6.45, 7) is 1.83. The van der Waals surface area contributed by atoms with E-state index in [4.69, 9.17) is 11.6 Å². The van der Waals surface area contributed by atoms with Gasteiger partial charge in [0, 0.05) is 12.2 Å². The van der Waals surface area contributed by atoms with Crippen molar-refractivity contribution in [3.8, 4) is 0 Å². The molecule has 0 aromatic heterocycles. The van der Waals surface area contributed by atoms with Gasteiger partial charge in [-0.15, -0.1) is 0 Å². The smallest absolute Gasteiger partial charge is 0.282 e. The Balaban J connectivity index is 2.36. The van der Waals surface area contributed by atoms with E-state index < -0.39 is 11.7 Å². The molecule has 0 saturated carbocycles. The second kappa shape index (κ2) is 3.28. The van der Waals surface area contributed by atoms with E-state index in [9.17, 15) is 13.2 Å². The number of halogens is 4. The third-order valence-electron chi connectivity index (χ3n) is 2.13. The molecular weight excluding hydrogens is 229 g/mol. The van der Waals surface area contributed by atoms with Crippen molar-refractivity contribution in [2.75, 3.05) is 0 Å². The molecule has 15 heavy (non-hydrogen) atoms. The lowest BCUT2D eigenvalue weighted by Gasteiger charge is -2.24. The Labute approximate surface area is 89.7 Å². The first kappa shape index (κ1) is 10.6. The van der Waals surface area contributed by atoms with Crippen LogP contribution in [0, 0.1) is 0 Å². The molecule has 2 aliphatic heterocycles. The Bertz CT molecular complexity index is 381. The number of hydrogen-bond acceptors (Lipinski definition) is 2. The summed E-state index contributed by atoms with van der Waals surface area (Å²) in [4.78, 5) is 0. The van der Waals surface area contributed by atoms with Gasteiger partial charge in [0.05, 0.1) is 16.3 Å². The minimum atomic E-state index is -4.38. The topological polar surface area (TPSA) is 15.3 Å². The highest BCUT2D eigenvalue weighted by Gasteiger charge is 2.37. The first-order valence-corrected chi connectivity index (χ1v) is 4.69. The number of allylic oxidation sites excluding steroid dienone is 3. The first-order chi connectivity index (χ1) is 6.88. The Morgan fingerprint density at radius 3 is 2.73 bits per heavy atom. The van der Waals surface area contributed by atoms with Gasteiger partial charge in [-0.25, -0.2) is 5.43 Å². The van der Waals surface area contributed by atoms with Crippen molar-refractivity contribution in [3.63, 3.8) is 0 Å². The maximum Gasteiger partial charge on any atom is 0.417 e. The number of alkyl halides is 3. The van der Waals surface area contributed by atoms with Crippen LogP contribution in [0.15, 0.2) is 34.7 Å². The highest BCUT2D eigenvalue weighted by molar-refractivity contribution is 6.32. The van der Waals surface area contributed by atoms with Crippen molar-refractivity contribution in [3.05, 3.63) is 34.7 Å². The minimum absolute atomic E-state index is 0.0222. The molecule has 1 N–H and O–H groups in total. The summed E-state index contributed by atoms with van der Waals surface area (Å²) >= 11 is 5.75. The molecule has 0 fully saturated rings. The first-order valence-electron chi connectivity index (χ1n) is 4.32. The molecule has 82 valence electrons. The van der Waals surface area contributed by atoms with Crippen molar-refractivity contribution in [1.82, 2.24) is 10.4 Å². The maximum absolute atomic E-state index is 12.4. The molecular formula is C9H8ClF3N2. The molecule has 2 nitrogen and oxygen atoms in total. The minimum Gasteiger partial charge on any atom is -0.282 e. The quantitative estimate of drug-likeness (QED) is 0.696. The van der Waals surface area contributed by atoms with Gasteiger partial charge in [-0.1, -0.05) is 11.6 Å². The molecule has 0 spiro atoms. The van der Waals surface area contributed by atoms with Gasteiger partial charge in [-0.05, 0) is 19.1 Å². The van der Waals surface area contributed by atoms with Gasteiger partial charge < -0.3 is 0 Å². The predicted molar refractivity (Wildman–Crippen MR) is 50.6 cm³/mol. The lowest BCUT2D eigenvalue weighted by molar-refractivity contribution is -0.0896. The van der Waals surface area contributed by atoms with Gasteiger partial charge >= 0.3 is 6.18 Å². The molecule has 0 bridgehead atoms. The molecule has 6 heteroatoms. The molecule has 1 unspecified atom stereocenters. The van der Waals surface area contributed by atoms with E-state index in [1.54, 1.807) is 6.08 Å². The predicted octanol–water partition coefficient (Wildman–Crippen LogP) is 2.66. The third-order valence-corrected chi connectivity index (χ3v) is 2.44. The van der Waals surface area contributed by atoms with Crippen LogP contribution in [0.1, 0.15) is 6.92 Å². The molecule has 2 rings (SSSR count). The van der Waals surface area contributed by atoms with Crippen LogP contribution in [0.4, 0.5) is 13.2 Å². The monoisotopic (exact) mass is 236 g/mol. The van der Waals surface area contributed by atoms with E-state index >= 15 is 0 Å². The number of nitrogens with zero attached hydrogens (tertiary/aromatic N) is 1. The van der Waals surface area contributed by atoms with E-state index in [1.165, 1.54) is 5.01 Å². The maximum atomic E-state index is 12.4. The zero-order valence-corrected chi connectivity index (χ0v) is 8.52. The van der Waals surface area contributed by atoms with Gasteiger partial charge in [-0.3, -0.25) is 5.01 Å². The normalized spacial score (nSPS) is 25.8. The summed E-state index contributed by atoms with van der Waals surface area (Å²) in [5.41, 5.74) is 2.64. The van der Waals surface area contributed by atoms with Crippen LogP contribution in [0.25, 0.3) is 0 Å². The molecule has 0 radical (unpaired) electrons. The Morgan fingerprint density at radius 2 is 2.13 bits per heavy atom. The lowest BCUT2D eigenvalue weighted by atomic mass is 10.1. The second-order valence-corrected chi connectivity index (χ2v) is 3.82. The van der Waals surface area contributed by atoms with Crippen LogP contribution >= 0.6 is 11.6 Å². The molecule has 2 heterocycles. The molecule has 1 atom stereocenters. The van der Waals surface area contributed by atoms with Gasteiger partial charge in [0.2, 0.25) is 0 Å². The molecule has 2 aliphatic rings. The van der Waals surface area contributed by atoms with Crippen LogP contribution < -0.4 is 5.43 Å². The summed E-state index contributed by atoms with van der Waals surface area (Å²) < 4.78 is 37.3. The SMILES string of the molecule is CC1C=C2C(Cl)=CC(C(F)(F)F)=CN2N1. The zero-order chi connectivity index (χ0) is 11.2. The van der Waals surface area contributed by atoms with Gasteiger partial charge in [0.1, 0.15) is 0 Å². The van der Waals surface area contributed by atoms with E-state index in [0.717, 1.165) is 12.3 Å². The van der Waals surface area contributed by atoms with Gasteiger partial charge in [0.15, 0.2) is 0 Å². The second-order valence-electron chi connectivity index (χ2n) is 3.41. The molecule has 0 aromatic rings. The fourth-order valence-electron chi connectivity index (χ4n) is 1.49. The summed E-state index contributed by atoms with van der Waals surface area (Å²) in [6, 6.07) is -0.0222. The van der Waals surface area contributed by atoms with Crippen molar-refractivity contribution in [2.24, 2.45) is 0 Å². The average molecular weight is 237 g/mol. The Kier molecular flexibility index (Phi) is 2.31. The van der Waals surface area contributed by atoms with Crippen molar-refractivity contribution < 1.29 is 13.2 Å². The third kappa shape index (κ3) is 1.89. The summed E-state index contributed by atoms with van der Waals surface area (Å²) in [5.74, 6) is 0. The number of fused-ring (bicyclic) bond motifs is 1. The number of rotatable bonds is 0. The number of hydrogen-bond donors (Lipinski definition) is 1. The molecule has 0 aliphatic carbocycles. The average Bonchev–Trinajstić information content (AvgIpc) is 2.44. The zero-order valence-electron chi connectivity index (χ0n) is 7.77. The number of hydrazine groups is 1.